The lowest BCUT2D eigenvalue weighted by Gasteiger charge is -2.20. The first-order valence-corrected chi connectivity index (χ1v) is 13.6. The number of fused-ring (bicyclic) bond motifs is 2. The highest BCUT2D eigenvalue weighted by atomic mass is 19.2. The van der Waals surface area contributed by atoms with E-state index in [9.17, 15) is 15.2 Å². The molecule has 0 spiro atoms. The van der Waals surface area contributed by atoms with Gasteiger partial charge in [-0.15, -0.1) is 0 Å². The van der Waals surface area contributed by atoms with Gasteiger partial charge in [0.15, 0.2) is 11.6 Å². The number of halogens is 3. The number of amides is 1. The first-order chi connectivity index (χ1) is 19.6. The van der Waals surface area contributed by atoms with Crippen molar-refractivity contribution in [3.8, 4) is 28.3 Å². The van der Waals surface area contributed by atoms with Crippen LogP contribution in [0, 0.1) is 40.6 Å². The van der Waals surface area contributed by atoms with E-state index in [0.717, 1.165) is 19.2 Å². The molecule has 6 nitrogen and oxygen atoms in total. The first-order valence-electron chi connectivity index (χ1n) is 13.6. The van der Waals surface area contributed by atoms with Crippen LogP contribution in [-0.4, -0.2) is 52.3 Å². The fraction of sp³-hybridized carbons (Fsp3) is 0.312. The van der Waals surface area contributed by atoms with Crippen LogP contribution in [0.4, 0.5) is 13.2 Å². The van der Waals surface area contributed by atoms with Gasteiger partial charge in [0.25, 0.3) is 5.91 Å². The minimum Gasteiger partial charge on any atom is -0.389 e. The average molecular weight is 559 g/mol. The summed E-state index contributed by atoms with van der Waals surface area (Å²) in [4.78, 5) is 15.2. The predicted molar refractivity (Wildman–Crippen MR) is 149 cm³/mol. The Kier molecular flexibility index (Phi) is 6.63. The summed E-state index contributed by atoms with van der Waals surface area (Å²) in [5.41, 5.74) is -0.529. The summed E-state index contributed by atoms with van der Waals surface area (Å²) < 4.78 is 48.0. The topological polar surface area (TPSA) is 81.3 Å². The Morgan fingerprint density at radius 1 is 1.02 bits per heavy atom. The smallest absolute Gasteiger partial charge is 0.255 e. The molecule has 1 aromatic heterocycles. The van der Waals surface area contributed by atoms with Gasteiger partial charge in [-0.25, -0.2) is 13.2 Å². The zero-order chi connectivity index (χ0) is 29.1. The summed E-state index contributed by atoms with van der Waals surface area (Å²) in [6.45, 7) is 5.92. The lowest BCUT2D eigenvalue weighted by molar-refractivity contribution is 0.0626. The van der Waals surface area contributed by atoms with Crippen molar-refractivity contribution < 1.29 is 23.1 Å². The van der Waals surface area contributed by atoms with Crippen molar-refractivity contribution in [2.24, 2.45) is 11.8 Å². The van der Waals surface area contributed by atoms with Gasteiger partial charge in [-0.1, -0.05) is 24.3 Å². The summed E-state index contributed by atoms with van der Waals surface area (Å²) in [5, 5.41) is 23.7. The summed E-state index contributed by atoms with van der Waals surface area (Å²) in [5.74, 6) is -2.76. The van der Waals surface area contributed by atoms with Gasteiger partial charge in [-0.3, -0.25) is 4.79 Å². The van der Waals surface area contributed by atoms with Crippen LogP contribution < -0.4 is 5.32 Å². The molecule has 3 heterocycles. The Morgan fingerprint density at radius 2 is 1.71 bits per heavy atom. The van der Waals surface area contributed by atoms with Crippen molar-refractivity contribution in [1.29, 1.82) is 5.26 Å². The molecular formula is C32H29F3N4O2. The summed E-state index contributed by atoms with van der Waals surface area (Å²) in [6, 6.07) is 14.3. The zero-order valence-corrected chi connectivity index (χ0v) is 22.7. The number of likely N-dealkylation sites (tertiary alicyclic amines) is 1. The van der Waals surface area contributed by atoms with E-state index >= 15 is 13.2 Å². The van der Waals surface area contributed by atoms with Crippen LogP contribution in [0.25, 0.3) is 33.2 Å². The second-order valence-electron chi connectivity index (χ2n) is 11.7. The maximum absolute atomic E-state index is 15.7. The average Bonchev–Trinajstić information content (AvgIpc) is 3.64. The first kappa shape index (κ1) is 27.1. The molecule has 9 heteroatoms. The SMILES string of the molecule is CC(C)(O)Cn1ccc2cc(-c3ccccc3-c3cc(F)c(C#N)c(C(=O)N4CC5CNCC5C4)c3)c(F)c(F)c21. The third-order valence-corrected chi connectivity index (χ3v) is 8.13. The van der Waals surface area contributed by atoms with Crippen molar-refractivity contribution in [2.45, 2.75) is 26.0 Å². The molecule has 2 N–H and O–H groups in total. The molecule has 2 aliphatic rings. The van der Waals surface area contributed by atoms with Crippen LogP contribution in [0.1, 0.15) is 29.8 Å². The Labute approximate surface area is 235 Å². The highest BCUT2D eigenvalue weighted by Gasteiger charge is 2.39. The van der Waals surface area contributed by atoms with E-state index < -0.39 is 29.0 Å². The minimum absolute atomic E-state index is 0.0240. The molecule has 2 aliphatic heterocycles. The van der Waals surface area contributed by atoms with Crippen LogP contribution in [0.5, 0.6) is 0 Å². The zero-order valence-electron chi connectivity index (χ0n) is 22.7. The van der Waals surface area contributed by atoms with Crippen LogP contribution in [0.3, 0.4) is 0 Å². The Bertz CT molecular complexity index is 1720. The maximum Gasteiger partial charge on any atom is 0.255 e. The summed E-state index contributed by atoms with van der Waals surface area (Å²) in [6.07, 6.45) is 1.59. The van der Waals surface area contributed by atoms with Gasteiger partial charge in [-0.05, 0) is 66.6 Å². The van der Waals surface area contributed by atoms with Crippen LogP contribution in [0.15, 0.2) is 54.7 Å². The molecule has 0 bridgehead atoms. The minimum atomic E-state index is -1.14. The van der Waals surface area contributed by atoms with Crippen LogP contribution in [-0.2, 0) is 6.54 Å². The van der Waals surface area contributed by atoms with Gasteiger partial charge in [0.2, 0.25) is 0 Å². The number of hydrogen-bond donors (Lipinski definition) is 2. The second-order valence-corrected chi connectivity index (χ2v) is 11.7. The molecule has 2 atom stereocenters. The number of aromatic nitrogens is 1. The van der Waals surface area contributed by atoms with E-state index in [1.54, 1.807) is 55.3 Å². The standard InChI is InChI=1S/C32H29F3N4O2/c1-32(2,41)17-38-8-7-18-9-24(28(34)29(35)30(18)38)23-6-4-3-5-22(23)19-10-25(26(12-36)27(33)11-19)31(40)39-15-20-13-37-14-21(20)16-39/h3-11,20-21,37,41H,13-17H2,1-2H3. The van der Waals surface area contributed by atoms with Crippen molar-refractivity contribution in [3.05, 3.63) is 83.3 Å². The lowest BCUT2D eigenvalue weighted by Crippen LogP contribution is -2.32. The number of rotatable bonds is 5. The molecule has 1 amide bonds. The molecule has 2 fully saturated rings. The maximum atomic E-state index is 15.7. The fourth-order valence-corrected chi connectivity index (χ4v) is 6.25. The number of nitrogens with one attached hydrogen (secondary N) is 1. The van der Waals surface area contributed by atoms with Crippen LogP contribution >= 0.6 is 0 Å². The van der Waals surface area contributed by atoms with E-state index in [0.29, 0.717) is 41.4 Å². The van der Waals surface area contributed by atoms with Gasteiger partial charge in [0.05, 0.1) is 23.2 Å². The molecule has 210 valence electrons. The quantitative estimate of drug-likeness (QED) is 0.347. The highest BCUT2D eigenvalue weighted by molar-refractivity contribution is 5.99. The van der Waals surface area contributed by atoms with Crippen molar-refractivity contribution in [3.63, 3.8) is 0 Å². The monoisotopic (exact) mass is 558 g/mol. The molecular weight excluding hydrogens is 529 g/mol. The second kappa shape index (κ2) is 10.1. The number of hydrogen-bond acceptors (Lipinski definition) is 4. The van der Waals surface area contributed by atoms with Gasteiger partial charge in [0, 0.05) is 43.3 Å². The van der Waals surface area contributed by atoms with E-state index in [1.165, 1.54) is 16.7 Å². The third-order valence-electron chi connectivity index (χ3n) is 8.13. The number of aliphatic hydroxyl groups is 1. The normalized spacial score (nSPS) is 18.6. The molecule has 41 heavy (non-hydrogen) atoms. The number of benzene rings is 3. The van der Waals surface area contributed by atoms with Gasteiger partial charge >= 0.3 is 0 Å². The van der Waals surface area contributed by atoms with E-state index in [-0.39, 0.29) is 34.3 Å². The van der Waals surface area contributed by atoms with E-state index in [1.807, 2.05) is 6.07 Å². The summed E-state index contributed by atoms with van der Waals surface area (Å²) in [7, 11) is 0. The Morgan fingerprint density at radius 3 is 2.37 bits per heavy atom. The largest absolute Gasteiger partial charge is 0.389 e. The van der Waals surface area contributed by atoms with Gasteiger partial charge < -0.3 is 19.9 Å². The lowest BCUT2D eigenvalue weighted by atomic mass is 9.91. The molecule has 3 aromatic carbocycles. The van der Waals surface area contributed by atoms with Crippen molar-refractivity contribution >= 4 is 16.8 Å². The van der Waals surface area contributed by atoms with Crippen LogP contribution in [0.2, 0.25) is 0 Å². The molecule has 6 rings (SSSR count). The van der Waals surface area contributed by atoms with Gasteiger partial charge in [0.1, 0.15) is 17.4 Å². The van der Waals surface area contributed by atoms with Crippen molar-refractivity contribution in [2.75, 3.05) is 26.2 Å². The number of carbonyl (C=O) groups excluding carboxylic acids is 1. The molecule has 2 unspecified atom stereocenters. The fourth-order valence-electron chi connectivity index (χ4n) is 6.25. The highest BCUT2D eigenvalue weighted by Crippen LogP contribution is 2.39. The molecule has 2 saturated heterocycles. The predicted octanol–water partition coefficient (Wildman–Crippen LogP) is 5.33. The number of nitriles is 1. The molecule has 0 saturated carbocycles. The Hall–Kier alpha value is -4.13. The Balaban J connectivity index is 1.45. The van der Waals surface area contributed by atoms with Crippen molar-refractivity contribution in [1.82, 2.24) is 14.8 Å². The van der Waals surface area contributed by atoms with E-state index in [2.05, 4.69) is 5.32 Å². The number of carbonyl (C=O) groups is 1. The molecule has 0 aliphatic carbocycles. The van der Waals surface area contributed by atoms with Gasteiger partial charge in [-0.2, -0.15) is 5.26 Å². The molecule has 4 aromatic rings. The third kappa shape index (κ3) is 4.77. The number of nitrogens with zero attached hydrogens (tertiary/aromatic N) is 3. The van der Waals surface area contributed by atoms with E-state index in [4.69, 9.17) is 0 Å². The molecule has 0 radical (unpaired) electrons. The summed E-state index contributed by atoms with van der Waals surface area (Å²) >= 11 is 0.